The third-order valence-corrected chi connectivity index (χ3v) is 3.53. The lowest BCUT2D eigenvalue weighted by Crippen LogP contribution is -2.49. The first-order chi connectivity index (χ1) is 9.99. The van der Waals surface area contributed by atoms with Crippen molar-refractivity contribution in [2.75, 3.05) is 11.9 Å². The van der Waals surface area contributed by atoms with Gasteiger partial charge in [-0.15, -0.1) is 0 Å². The summed E-state index contributed by atoms with van der Waals surface area (Å²) in [6.45, 7) is 2.59. The summed E-state index contributed by atoms with van der Waals surface area (Å²) in [5.41, 5.74) is 0.170. The summed E-state index contributed by atoms with van der Waals surface area (Å²) in [5.74, 6) is -1.15. The summed E-state index contributed by atoms with van der Waals surface area (Å²) < 4.78 is 5.41. The van der Waals surface area contributed by atoms with Crippen LogP contribution in [0.2, 0.25) is 5.02 Å². The van der Waals surface area contributed by atoms with Crippen molar-refractivity contribution in [1.29, 1.82) is 0 Å². The topological polar surface area (TPSA) is 87.7 Å². The van der Waals surface area contributed by atoms with E-state index in [1.165, 1.54) is 18.2 Å². The number of aromatic carboxylic acids is 1. The van der Waals surface area contributed by atoms with Gasteiger partial charge in [0.25, 0.3) is 0 Å². The van der Waals surface area contributed by atoms with Gasteiger partial charge in [-0.3, -0.25) is 0 Å². The molecule has 1 aliphatic rings. The van der Waals surface area contributed by atoms with Crippen LogP contribution in [0.4, 0.5) is 10.5 Å². The molecule has 21 heavy (non-hydrogen) atoms. The van der Waals surface area contributed by atoms with Crippen molar-refractivity contribution in [2.45, 2.75) is 31.9 Å². The summed E-state index contributed by atoms with van der Waals surface area (Å²) in [7, 11) is 0. The second-order valence-electron chi connectivity index (χ2n) is 4.84. The molecule has 0 atom stereocenters. The second-order valence-corrected chi connectivity index (χ2v) is 5.28. The van der Waals surface area contributed by atoms with Gasteiger partial charge in [-0.25, -0.2) is 9.59 Å². The Hall–Kier alpha value is -1.79. The second kappa shape index (κ2) is 6.78. The molecule has 0 aliphatic heterocycles. The Kier molecular flexibility index (Phi) is 5.03. The van der Waals surface area contributed by atoms with E-state index in [0.29, 0.717) is 11.6 Å². The molecule has 114 valence electrons. The maximum absolute atomic E-state index is 11.9. The first-order valence-corrected chi connectivity index (χ1v) is 7.09. The summed E-state index contributed by atoms with van der Waals surface area (Å²) in [5, 5.41) is 14.7. The van der Waals surface area contributed by atoms with Gasteiger partial charge < -0.3 is 20.5 Å². The van der Waals surface area contributed by atoms with Crippen molar-refractivity contribution < 1.29 is 19.4 Å². The van der Waals surface area contributed by atoms with Crippen LogP contribution in [-0.4, -0.2) is 35.9 Å². The largest absolute Gasteiger partial charge is 0.478 e. The molecule has 0 heterocycles. The van der Waals surface area contributed by atoms with Crippen molar-refractivity contribution in [2.24, 2.45) is 0 Å². The summed E-state index contributed by atoms with van der Waals surface area (Å²) >= 11 is 5.75. The highest BCUT2D eigenvalue weighted by Crippen LogP contribution is 2.24. The molecule has 1 aromatic rings. The lowest BCUT2D eigenvalue weighted by atomic mass is 9.89. The lowest BCUT2D eigenvalue weighted by Gasteiger charge is -2.35. The van der Waals surface area contributed by atoms with E-state index in [2.05, 4.69) is 10.6 Å². The Morgan fingerprint density at radius 2 is 2.14 bits per heavy atom. The van der Waals surface area contributed by atoms with E-state index in [-0.39, 0.29) is 23.4 Å². The highest BCUT2D eigenvalue weighted by atomic mass is 35.5. The SMILES string of the molecule is CCOC1CC(NC(=O)Nc2ccc(Cl)cc2C(=O)O)C1. The third kappa shape index (κ3) is 4.09. The Bertz CT molecular complexity index is 544. The molecular formula is C14H17ClN2O4. The van der Waals surface area contributed by atoms with E-state index in [1.807, 2.05) is 6.92 Å². The molecular weight excluding hydrogens is 296 g/mol. The molecule has 0 saturated heterocycles. The van der Waals surface area contributed by atoms with Crippen LogP contribution in [0.25, 0.3) is 0 Å². The predicted molar refractivity (Wildman–Crippen MR) is 79.0 cm³/mol. The summed E-state index contributed by atoms with van der Waals surface area (Å²) in [6.07, 6.45) is 1.74. The van der Waals surface area contributed by atoms with Crippen LogP contribution in [0.5, 0.6) is 0 Å². The zero-order valence-corrected chi connectivity index (χ0v) is 12.3. The van der Waals surface area contributed by atoms with E-state index < -0.39 is 12.0 Å². The van der Waals surface area contributed by atoms with Gasteiger partial charge in [0.05, 0.1) is 17.4 Å². The zero-order chi connectivity index (χ0) is 15.4. The van der Waals surface area contributed by atoms with E-state index >= 15 is 0 Å². The van der Waals surface area contributed by atoms with Crippen molar-refractivity contribution in [3.05, 3.63) is 28.8 Å². The fraction of sp³-hybridized carbons (Fsp3) is 0.429. The molecule has 0 unspecified atom stereocenters. The minimum Gasteiger partial charge on any atom is -0.478 e. The van der Waals surface area contributed by atoms with Crippen LogP contribution >= 0.6 is 11.6 Å². The monoisotopic (exact) mass is 312 g/mol. The number of carbonyl (C=O) groups is 2. The number of hydrogen-bond acceptors (Lipinski definition) is 3. The maximum Gasteiger partial charge on any atom is 0.337 e. The molecule has 0 radical (unpaired) electrons. The van der Waals surface area contributed by atoms with Crippen LogP contribution in [0.15, 0.2) is 18.2 Å². The minimum absolute atomic E-state index is 0.0431. The van der Waals surface area contributed by atoms with Crippen LogP contribution in [-0.2, 0) is 4.74 Å². The standard InChI is InChI=1S/C14H17ClN2O4/c1-2-21-10-6-9(7-10)16-14(20)17-12-4-3-8(15)5-11(12)13(18)19/h3-5,9-10H,2,6-7H2,1H3,(H,18,19)(H2,16,17,20). The van der Waals surface area contributed by atoms with Gasteiger partial charge in [-0.05, 0) is 38.0 Å². The highest BCUT2D eigenvalue weighted by Gasteiger charge is 2.30. The van der Waals surface area contributed by atoms with Crippen molar-refractivity contribution in [3.63, 3.8) is 0 Å². The van der Waals surface area contributed by atoms with Crippen molar-refractivity contribution in [1.82, 2.24) is 5.32 Å². The molecule has 0 aromatic heterocycles. The van der Waals surface area contributed by atoms with E-state index in [0.717, 1.165) is 12.8 Å². The number of rotatable bonds is 5. The van der Waals surface area contributed by atoms with Gasteiger partial charge in [0.1, 0.15) is 0 Å². The fourth-order valence-corrected chi connectivity index (χ4v) is 2.37. The number of ether oxygens (including phenoxy) is 1. The molecule has 6 nitrogen and oxygen atoms in total. The van der Waals surface area contributed by atoms with Gasteiger partial charge >= 0.3 is 12.0 Å². The Morgan fingerprint density at radius 3 is 2.76 bits per heavy atom. The van der Waals surface area contributed by atoms with E-state index in [9.17, 15) is 9.59 Å². The van der Waals surface area contributed by atoms with Crippen LogP contribution in [0.1, 0.15) is 30.1 Å². The number of carboxylic acid groups (broad SMARTS) is 1. The van der Waals surface area contributed by atoms with E-state index in [4.69, 9.17) is 21.4 Å². The Labute approximate surface area is 127 Å². The average Bonchev–Trinajstić information content (AvgIpc) is 2.38. The number of anilines is 1. The molecule has 1 saturated carbocycles. The van der Waals surface area contributed by atoms with Gasteiger partial charge in [-0.2, -0.15) is 0 Å². The minimum atomic E-state index is -1.15. The third-order valence-electron chi connectivity index (χ3n) is 3.29. The maximum atomic E-state index is 11.9. The van der Waals surface area contributed by atoms with Crippen molar-refractivity contribution in [3.8, 4) is 0 Å². The Balaban J connectivity index is 1.90. The van der Waals surface area contributed by atoms with Crippen LogP contribution in [0.3, 0.4) is 0 Å². The number of halogens is 1. The number of nitrogens with one attached hydrogen (secondary N) is 2. The molecule has 1 fully saturated rings. The number of hydrogen-bond donors (Lipinski definition) is 3. The quantitative estimate of drug-likeness (QED) is 0.780. The number of benzene rings is 1. The first-order valence-electron chi connectivity index (χ1n) is 6.71. The van der Waals surface area contributed by atoms with Gasteiger partial charge in [-0.1, -0.05) is 11.6 Å². The summed E-state index contributed by atoms with van der Waals surface area (Å²) in [4.78, 5) is 23.0. The normalized spacial score (nSPS) is 20.5. The van der Waals surface area contributed by atoms with Gasteiger partial charge in [0.2, 0.25) is 0 Å². The predicted octanol–water partition coefficient (Wildman–Crippen LogP) is 2.73. The molecule has 3 N–H and O–H groups in total. The van der Waals surface area contributed by atoms with Crippen LogP contribution in [0, 0.1) is 0 Å². The first kappa shape index (κ1) is 15.6. The number of carbonyl (C=O) groups excluding carboxylic acids is 1. The average molecular weight is 313 g/mol. The summed E-state index contributed by atoms with van der Waals surface area (Å²) in [6, 6.07) is 3.92. The zero-order valence-electron chi connectivity index (χ0n) is 11.6. The number of amides is 2. The molecule has 1 aliphatic carbocycles. The van der Waals surface area contributed by atoms with E-state index in [1.54, 1.807) is 0 Å². The van der Waals surface area contributed by atoms with Gasteiger partial charge in [0.15, 0.2) is 0 Å². The molecule has 0 spiro atoms. The Morgan fingerprint density at radius 1 is 1.43 bits per heavy atom. The number of urea groups is 1. The number of carboxylic acids is 1. The van der Waals surface area contributed by atoms with Gasteiger partial charge in [0, 0.05) is 17.7 Å². The molecule has 2 rings (SSSR count). The lowest BCUT2D eigenvalue weighted by molar-refractivity contribution is -0.00673. The molecule has 0 bridgehead atoms. The van der Waals surface area contributed by atoms with Crippen LogP contribution < -0.4 is 10.6 Å². The highest BCUT2D eigenvalue weighted by molar-refractivity contribution is 6.31. The molecule has 7 heteroatoms. The smallest absolute Gasteiger partial charge is 0.337 e. The fourth-order valence-electron chi connectivity index (χ4n) is 2.20. The molecule has 2 amide bonds. The van der Waals surface area contributed by atoms with Crippen molar-refractivity contribution >= 4 is 29.3 Å². The molecule has 1 aromatic carbocycles.